The number of rotatable bonds is 9. The van der Waals surface area contributed by atoms with Crippen LogP contribution in [0.3, 0.4) is 0 Å². The Kier molecular flexibility index (Phi) is 12.1. The van der Waals surface area contributed by atoms with Crippen molar-refractivity contribution in [3.8, 4) is 0 Å². The number of piperidine rings is 1. The molecule has 0 spiro atoms. The molecule has 27 heavy (non-hydrogen) atoms. The summed E-state index contributed by atoms with van der Waals surface area (Å²) in [5.74, 6) is 0.807. The first-order valence-corrected chi connectivity index (χ1v) is 9.69. The van der Waals surface area contributed by atoms with Crippen molar-refractivity contribution in [3.63, 3.8) is 0 Å². The number of hydrogen-bond donors (Lipinski definition) is 3. The maximum atomic E-state index is 11.2. The summed E-state index contributed by atoms with van der Waals surface area (Å²) >= 11 is 0. The Morgan fingerprint density at radius 3 is 2.44 bits per heavy atom. The van der Waals surface area contributed by atoms with Crippen LogP contribution < -0.4 is 16.4 Å². The van der Waals surface area contributed by atoms with Gasteiger partial charge < -0.3 is 21.3 Å². The van der Waals surface area contributed by atoms with Gasteiger partial charge in [0, 0.05) is 26.1 Å². The topological polar surface area (TPSA) is 82.8 Å². The first-order valence-electron chi connectivity index (χ1n) is 9.69. The van der Waals surface area contributed by atoms with Crippen LogP contribution >= 0.6 is 24.0 Å². The van der Waals surface area contributed by atoms with Crippen LogP contribution in [0, 0.1) is 5.92 Å². The largest absolute Gasteiger partial charge is 0.369 e. The lowest BCUT2D eigenvalue weighted by Crippen LogP contribution is -2.40. The van der Waals surface area contributed by atoms with Crippen LogP contribution in [-0.2, 0) is 11.2 Å². The number of hydrogen-bond acceptors (Lipinski definition) is 3. The number of nitrogens with zero attached hydrogens (tertiary/aromatic N) is 2. The first kappa shape index (κ1) is 23.7. The molecule has 0 unspecified atom stereocenters. The molecule has 1 aromatic carbocycles. The summed E-state index contributed by atoms with van der Waals surface area (Å²) in [4.78, 5) is 17.9. The summed E-state index contributed by atoms with van der Waals surface area (Å²) in [6.45, 7) is 4.86. The van der Waals surface area contributed by atoms with Crippen molar-refractivity contribution < 1.29 is 4.79 Å². The van der Waals surface area contributed by atoms with Gasteiger partial charge in [-0.1, -0.05) is 30.3 Å². The third-order valence-corrected chi connectivity index (χ3v) is 4.96. The Bertz CT molecular complexity index is 559. The number of guanidine groups is 1. The van der Waals surface area contributed by atoms with Crippen LogP contribution in [0.5, 0.6) is 0 Å². The van der Waals surface area contributed by atoms with E-state index in [0.717, 1.165) is 70.8 Å². The van der Waals surface area contributed by atoms with Crippen molar-refractivity contribution in [2.45, 2.75) is 32.1 Å². The molecule has 0 aliphatic carbocycles. The highest BCUT2D eigenvalue weighted by Gasteiger charge is 2.22. The molecule has 1 aliphatic heterocycles. The lowest BCUT2D eigenvalue weighted by Gasteiger charge is -2.30. The number of carbonyl (C=O) groups is 1. The lowest BCUT2D eigenvalue weighted by molar-refractivity contribution is -0.123. The van der Waals surface area contributed by atoms with Gasteiger partial charge in [-0.25, -0.2) is 0 Å². The summed E-state index contributed by atoms with van der Waals surface area (Å²) < 4.78 is 0. The normalized spacial score (nSPS) is 15.8. The quantitative estimate of drug-likeness (QED) is 0.215. The maximum Gasteiger partial charge on any atom is 0.220 e. The van der Waals surface area contributed by atoms with Gasteiger partial charge >= 0.3 is 0 Å². The zero-order valence-electron chi connectivity index (χ0n) is 16.3. The molecular formula is C20H34IN5O. The molecule has 1 aromatic rings. The number of unbranched alkanes of at least 4 members (excludes halogenated alkanes) is 1. The Morgan fingerprint density at radius 1 is 1.15 bits per heavy atom. The van der Waals surface area contributed by atoms with Gasteiger partial charge in [0.2, 0.25) is 5.91 Å². The Labute approximate surface area is 180 Å². The molecular weight excluding hydrogens is 453 g/mol. The fourth-order valence-electron chi connectivity index (χ4n) is 3.30. The van der Waals surface area contributed by atoms with Gasteiger partial charge in [0.25, 0.3) is 0 Å². The molecule has 0 bridgehead atoms. The van der Waals surface area contributed by atoms with Crippen LogP contribution in [0.4, 0.5) is 0 Å². The fraction of sp³-hybridized carbons (Fsp3) is 0.600. The second-order valence-electron chi connectivity index (χ2n) is 6.89. The number of halogens is 1. The van der Waals surface area contributed by atoms with E-state index in [4.69, 9.17) is 5.73 Å². The number of primary amides is 1. The minimum Gasteiger partial charge on any atom is -0.369 e. The Balaban J connectivity index is 0.00000364. The molecule has 0 atom stereocenters. The number of carbonyl (C=O) groups excluding carboxylic acids is 1. The first-order chi connectivity index (χ1) is 12.7. The van der Waals surface area contributed by atoms with Gasteiger partial charge in [-0.15, -0.1) is 24.0 Å². The van der Waals surface area contributed by atoms with Gasteiger partial charge in [0.05, 0.1) is 0 Å². The van der Waals surface area contributed by atoms with E-state index in [1.165, 1.54) is 5.56 Å². The SMILES string of the molecule is CN=C(NCCCCN1CCC(C(N)=O)CC1)NCCc1ccccc1.I. The van der Waals surface area contributed by atoms with Crippen LogP contribution in [0.1, 0.15) is 31.2 Å². The third-order valence-electron chi connectivity index (χ3n) is 4.96. The van der Waals surface area contributed by atoms with Crippen LogP contribution in [0.2, 0.25) is 0 Å². The summed E-state index contributed by atoms with van der Waals surface area (Å²) in [7, 11) is 1.81. The highest BCUT2D eigenvalue weighted by Crippen LogP contribution is 2.16. The predicted octanol–water partition coefficient (Wildman–Crippen LogP) is 1.99. The van der Waals surface area contributed by atoms with E-state index in [2.05, 4.69) is 44.8 Å². The molecule has 0 radical (unpaired) electrons. The molecule has 6 nitrogen and oxygen atoms in total. The van der Waals surface area contributed by atoms with Crippen molar-refractivity contribution in [1.82, 2.24) is 15.5 Å². The van der Waals surface area contributed by atoms with E-state index in [1.54, 1.807) is 7.05 Å². The van der Waals surface area contributed by atoms with E-state index in [0.29, 0.717) is 0 Å². The van der Waals surface area contributed by atoms with Gasteiger partial charge in [0.1, 0.15) is 0 Å². The molecule has 7 heteroatoms. The smallest absolute Gasteiger partial charge is 0.220 e. The van der Waals surface area contributed by atoms with Gasteiger partial charge in [-0.3, -0.25) is 9.79 Å². The summed E-state index contributed by atoms with van der Waals surface area (Å²) in [5.41, 5.74) is 6.71. The molecule has 1 heterocycles. The Morgan fingerprint density at radius 2 is 1.81 bits per heavy atom. The summed E-state index contributed by atoms with van der Waals surface area (Å²) in [6, 6.07) is 10.5. The zero-order valence-corrected chi connectivity index (χ0v) is 18.7. The molecule has 1 fully saturated rings. The molecule has 2 rings (SSSR count). The summed E-state index contributed by atoms with van der Waals surface area (Å²) in [6.07, 6.45) is 5.06. The second-order valence-corrected chi connectivity index (χ2v) is 6.89. The van der Waals surface area contributed by atoms with Gasteiger partial charge in [-0.05, 0) is 57.3 Å². The monoisotopic (exact) mass is 487 g/mol. The van der Waals surface area contributed by atoms with Crippen molar-refractivity contribution >= 4 is 35.8 Å². The van der Waals surface area contributed by atoms with E-state index >= 15 is 0 Å². The number of benzene rings is 1. The molecule has 0 saturated carbocycles. The van der Waals surface area contributed by atoms with Crippen molar-refractivity contribution in [3.05, 3.63) is 35.9 Å². The number of likely N-dealkylation sites (tertiary alicyclic amines) is 1. The molecule has 1 saturated heterocycles. The molecule has 0 aromatic heterocycles. The van der Waals surface area contributed by atoms with Crippen LogP contribution in [0.25, 0.3) is 0 Å². The molecule has 1 amide bonds. The Hall–Kier alpha value is -1.35. The summed E-state index contributed by atoms with van der Waals surface area (Å²) in [5, 5.41) is 6.73. The number of amides is 1. The lowest BCUT2D eigenvalue weighted by atomic mass is 9.96. The third kappa shape index (κ3) is 9.41. The van der Waals surface area contributed by atoms with Crippen molar-refractivity contribution in [2.24, 2.45) is 16.6 Å². The average molecular weight is 487 g/mol. The molecule has 1 aliphatic rings. The fourth-order valence-corrected chi connectivity index (χ4v) is 3.30. The molecule has 152 valence electrons. The average Bonchev–Trinajstić information content (AvgIpc) is 2.67. The van der Waals surface area contributed by atoms with E-state index in [-0.39, 0.29) is 35.8 Å². The number of nitrogens with one attached hydrogen (secondary N) is 2. The number of nitrogens with two attached hydrogens (primary N) is 1. The van der Waals surface area contributed by atoms with Gasteiger partial charge in [0.15, 0.2) is 5.96 Å². The van der Waals surface area contributed by atoms with E-state index in [1.807, 2.05) is 6.07 Å². The van der Waals surface area contributed by atoms with Crippen molar-refractivity contribution in [1.29, 1.82) is 0 Å². The maximum absolute atomic E-state index is 11.2. The molecule has 4 N–H and O–H groups in total. The second kappa shape index (κ2) is 13.8. The van der Waals surface area contributed by atoms with Crippen LogP contribution in [-0.4, -0.2) is 56.5 Å². The number of aliphatic imine (C=N–C) groups is 1. The highest BCUT2D eigenvalue weighted by molar-refractivity contribution is 14.0. The highest BCUT2D eigenvalue weighted by atomic mass is 127. The van der Waals surface area contributed by atoms with E-state index in [9.17, 15) is 4.79 Å². The zero-order chi connectivity index (χ0) is 18.6. The standard InChI is InChI=1S/C20H33N5O.HI/c1-22-20(24-13-9-17-7-3-2-4-8-17)23-12-5-6-14-25-15-10-18(11-16-25)19(21)26;/h2-4,7-8,18H,5-6,9-16H2,1H3,(H2,21,26)(H2,22,23,24);1H. The van der Waals surface area contributed by atoms with Crippen molar-refractivity contribution in [2.75, 3.05) is 39.8 Å². The minimum atomic E-state index is -0.139. The van der Waals surface area contributed by atoms with E-state index < -0.39 is 0 Å². The van der Waals surface area contributed by atoms with Gasteiger partial charge in [-0.2, -0.15) is 0 Å². The predicted molar refractivity (Wildman–Crippen MR) is 123 cm³/mol. The van der Waals surface area contributed by atoms with Crippen LogP contribution in [0.15, 0.2) is 35.3 Å². The minimum absolute atomic E-state index is 0.